The molecule has 7 nitrogen and oxygen atoms in total. The number of unbranched alkanes of at least 4 members (excludes halogenated alkanes) is 2. The maximum absolute atomic E-state index is 11.0. The predicted molar refractivity (Wildman–Crippen MR) is 111 cm³/mol. The van der Waals surface area contributed by atoms with Gasteiger partial charge in [0.25, 0.3) is 0 Å². The first-order chi connectivity index (χ1) is 12.5. The molecule has 1 aromatic rings. The molecule has 0 fully saturated rings. The van der Waals surface area contributed by atoms with E-state index in [1.807, 2.05) is 31.2 Å². The Hall–Kier alpha value is -2.13. The first-order valence-corrected chi connectivity index (χ1v) is 9.27. The van der Waals surface area contributed by atoms with Crippen LogP contribution in [0, 0.1) is 0 Å². The van der Waals surface area contributed by atoms with Crippen LogP contribution in [-0.4, -0.2) is 36.5 Å². The number of carbonyl (C=O) groups excluding carboxylic acids is 1. The second kappa shape index (κ2) is 13.1. The molecule has 26 heavy (non-hydrogen) atoms. The summed E-state index contributed by atoms with van der Waals surface area (Å²) in [6, 6.07) is 7.50. The fourth-order valence-electron chi connectivity index (χ4n) is 2.00. The molecule has 144 valence electrons. The molecule has 0 heterocycles. The number of methoxy groups -OCH3 is 1. The van der Waals surface area contributed by atoms with E-state index in [1.165, 1.54) is 7.11 Å². The number of ether oxygens (including phenoxy) is 2. The minimum Gasteiger partial charge on any atom is -0.494 e. The number of benzene rings is 1. The maximum atomic E-state index is 11.0. The third-order valence-electron chi connectivity index (χ3n) is 3.28. The number of nitrogens with one attached hydrogen (secondary N) is 4. The van der Waals surface area contributed by atoms with Gasteiger partial charge in [0.1, 0.15) is 5.75 Å². The molecule has 9 heteroatoms. The van der Waals surface area contributed by atoms with E-state index in [0.717, 1.165) is 30.7 Å². The highest BCUT2D eigenvalue weighted by molar-refractivity contribution is 7.80. The summed E-state index contributed by atoms with van der Waals surface area (Å²) in [5, 5.41) is 6.95. The molecule has 0 aromatic heterocycles. The molecule has 0 radical (unpaired) electrons. The molecule has 0 amide bonds. The average Bonchev–Trinajstić information content (AvgIpc) is 2.64. The molecule has 0 atom stereocenters. The van der Waals surface area contributed by atoms with Gasteiger partial charge in [0.15, 0.2) is 10.2 Å². The molecule has 0 aliphatic heterocycles. The van der Waals surface area contributed by atoms with Crippen LogP contribution in [0.1, 0.15) is 32.6 Å². The van der Waals surface area contributed by atoms with Crippen molar-refractivity contribution in [3.8, 4) is 5.75 Å². The first-order valence-electron chi connectivity index (χ1n) is 8.45. The number of esters is 1. The Balaban J connectivity index is 2.12. The monoisotopic (exact) mass is 398 g/mol. The van der Waals surface area contributed by atoms with Crippen molar-refractivity contribution >= 4 is 46.3 Å². The van der Waals surface area contributed by atoms with Gasteiger partial charge in [0, 0.05) is 18.7 Å². The highest BCUT2D eigenvalue weighted by Gasteiger charge is 2.01. The number of thiocarbonyl (C=S) groups is 2. The van der Waals surface area contributed by atoms with Gasteiger partial charge in [0.2, 0.25) is 0 Å². The fraction of sp³-hybridized carbons (Fsp3) is 0.471. The van der Waals surface area contributed by atoms with Crippen LogP contribution in [-0.2, 0) is 9.53 Å². The summed E-state index contributed by atoms with van der Waals surface area (Å²) in [6.45, 7) is 3.29. The van der Waals surface area contributed by atoms with Gasteiger partial charge >= 0.3 is 5.97 Å². The molecule has 0 aliphatic rings. The lowest BCUT2D eigenvalue weighted by molar-refractivity contribution is -0.140. The first kappa shape index (κ1) is 21.9. The van der Waals surface area contributed by atoms with Gasteiger partial charge in [-0.2, -0.15) is 0 Å². The Bertz CT molecular complexity index is 582. The topological polar surface area (TPSA) is 83.7 Å². The zero-order chi connectivity index (χ0) is 19.2. The van der Waals surface area contributed by atoms with E-state index in [1.54, 1.807) is 0 Å². The van der Waals surface area contributed by atoms with Gasteiger partial charge in [-0.05, 0) is 68.5 Å². The summed E-state index contributed by atoms with van der Waals surface area (Å²) < 4.78 is 9.98. The highest BCUT2D eigenvalue weighted by Crippen LogP contribution is 2.15. The van der Waals surface area contributed by atoms with Crippen LogP contribution in [0.2, 0.25) is 0 Å². The Morgan fingerprint density at radius 1 is 1.04 bits per heavy atom. The lowest BCUT2D eigenvalue weighted by Gasteiger charge is -2.14. The summed E-state index contributed by atoms with van der Waals surface area (Å²) in [4.78, 5) is 11.0. The molecule has 0 unspecified atom stereocenters. The average molecular weight is 399 g/mol. The van der Waals surface area contributed by atoms with Crippen LogP contribution in [0.5, 0.6) is 5.75 Å². The molecule has 0 bridgehead atoms. The second-order valence-electron chi connectivity index (χ2n) is 5.30. The normalized spacial score (nSPS) is 9.77. The third-order valence-corrected chi connectivity index (χ3v) is 3.73. The van der Waals surface area contributed by atoms with Crippen molar-refractivity contribution in [3.63, 3.8) is 0 Å². The molecule has 0 aliphatic carbocycles. The van der Waals surface area contributed by atoms with E-state index in [-0.39, 0.29) is 5.97 Å². The van der Waals surface area contributed by atoms with Crippen molar-refractivity contribution in [2.45, 2.75) is 32.6 Å². The van der Waals surface area contributed by atoms with Gasteiger partial charge in [-0.25, -0.2) is 0 Å². The van der Waals surface area contributed by atoms with Gasteiger partial charge in [0.05, 0.1) is 13.7 Å². The van der Waals surface area contributed by atoms with E-state index in [2.05, 4.69) is 26.2 Å². The lowest BCUT2D eigenvalue weighted by Crippen LogP contribution is -2.48. The number of rotatable bonds is 9. The number of hydrogen-bond acceptors (Lipinski definition) is 5. The van der Waals surface area contributed by atoms with Crippen molar-refractivity contribution in [1.29, 1.82) is 0 Å². The molecular formula is C17H26N4O3S2. The quantitative estimate of drug-likeness (QED) is 0.217. The van der Waals surface area contributed by atoms with E-state index in [0.29, 0.717) is 29.8 Å². The Morgan fingerprint density at radius 3 is 2.38 bits per heavy atom. The van der Waals surface area contributed by atoms with Gasteiger partial charge in [-0.1, -0.05) is 6.42 Å². The molecule has 1 aromatic carbocycles. The summed E-state index contributed by atoms with van der Waals surface area (Å²) in [5.41, 5.74) is 6.48. The van der Waals surface area contributed by atoms with E-state index >= 15 is 0 Å². The van der Waals surface area contributed by atoms with E-state index in [9.17, 15) is 4.79 Å². The van der Waals surface area contributed by atoms with Gasteiger partial charge in [-0.3, -0.25) is 15.6 Å². The Labute approximate surface area is 165 Å². The van der Waals surface area contributed by atoms with Crippen molar-refractivity contribution in [2.24, 2.45) is 0 Å². The SMILES string of the molecule is CCOc1ccc(NC(=S)NNC(=S)NCCCCCC(=O)OC)cc1. The fourth-order valence-corrected chi connectivity index (χ4v) is 2.32. The zero-order valence-corrected chi connectivity index (χ0v) is 16.7. The third kappa shape index (κ3) is 10.00. The Morgan fingerprint density at radius 2 is 1.73 bits per heavy atom. The summed E-state index contributed by atoms with van der Waals surface area (Å²) in [7, 11) is 1.40. The van der Waals surface area contributed by atoms with Gasteiger partial charge in [-0.15, -0.1) is 0 Å². The van der Waals surface area contributed by atoms with Crippen molar-refractivity contribution < 1.29 is 14.3 Å². The van der Waals surface area contributed by atoms with Crippen LogP contribution >= 0.6 is 24.4 Å². The number of hydrogen-bond donors (Lipinski definition) is 4. The maximum Gasteiger partial charge on any atom is 0.305 e. The summed E-state index contributed by atoms with van der Waals surface area (Å²) in [5.74, 6) is 0.639. The molecule has 0 saturated heterocycles. The van der Waals surface area contributed by atoms with Crippen molar-refractivity contribution in [2.75, 3.05) is 25.6 Å². The molecule has 4 N–H and O–H groups in total. The molecule has 0 spiro atoms. The van der Waals surface area contributed by atoms with Crippen LogP contribution in [0.25, 0.3) is 0 Å². The minimum absolute atomic E-state index is 0.173. The number of anilines is 1. The zero-order valence-electron chi connectivity index (χ0n) is 15.1. The summed E-state index contributed by atoms with van der Waals surface area (Å²) >= 11 is 10.4. The largest absolute Gasteiger partial charge is 0.494 e. The molecule has 1 rings (SSSR count). The summed E-state index contributed by atoms with van der Waals surface area (Å²) in [6.07, 6.45) is 3.10. The highest BCUT2D eigenvalue weighted by atomic mass is 32.1. The smallest absolute Gasteiger partial charge is 0.305 e. The minimum atomic E-state index is -0.173. The van der Waals surface area contributed by atoms with Crippen molar-refractivity contribution in [3.05, 3.63) is 24.3 Å². The number of carbonyl (C=O) groups is 1. The van der Waals surface area contributed by atoms with Crippen molar-refractivity contribution in [1.82, 2.24) is 16.2 Å². The van der Waals surface area contributed by atoms with Crippen LogP contribution in [0.3, 0.4) is 0 Å². The second-order valence-corrected chi connectivity index (χ2v) is 6.12. The lowest BCUT2D eigenvalue weighted by atomic mass is 10.2. The standard InChI is InChI=1S/C17H26N4O3S2/c1-3-24-14-10-8-13(9-11-14)19-17(26)21-20-16(25)18-12-6-4-5-7-15(22)23-2/h8-11H,3-7,12H2,1-2H3,(H2,18,20,25)(H2,19,21,26). The predicted octanol–water partition coefficient (Wildman–Crippen LogP) is 2.48. The molecule has 0 saturated carbocycles. The Kier molecular flexibility index (Phi) is 11.1. The van der Waals surface area contributed by atoms with E-state index < -0.39 is 0 Å². The van der Waals surface area contributed by atoms with E-state index in [4.69, 9.17) is 29.2 Å². The van der Waals surface area contributed by atoms with Gasteiger partial charge < -0.3 is 20.1 Å². The molecular weight excluding hydrogens is 372 g/mol. The number of hydrazine groups is 1. The van der Waals surface area contributed by atoms with Crippen LogP contribution in [0.4, 0.5) is 5.69 Å². The van der Waals surface area contributed by atoms with Crippen LogP contribution in [0.15, 0.2) is 24.3 Å². The van der Waals surface area contributed by atoms with Crippen LogP contribution < -0.4 is 26.2 Å².